The van der Waals surface area contributed by atoms with Crippen molar-refractivity contribution in [2.45, 2.75) is 128 Å². The van der Waals surface area contributed by atoms with E-state index < -0.39 is 0 Å². The van der Waals surface area contributed by atoms with Crippen molar-refractivity contribution in [2.75, 3.05) is 26.4 Å². The van der Waals surface area contributed by atoms with Crippen LogP contribution in [0, 0.1) is 5.92 Å². The zero-order valence-electron chi connectivity index (χ0n) is 31.7. The first-order chi connectivity index (χ1) is 25.1. The van der Waals surface area contributed by atoms with E-state index in [1.807, 2.05) is 0 Å². The Labute approximate surface area is 307 Å². The normalized spacial score (nSPS) is 24.0. The van der Waals surface area contributed by atoms with Gasteiger partial charge in [-0.3, -0.25) is 0 Å². The summed E-state index contributed by atoms with van der Waals surface area (Å²) in [7, 11) is 0. The summed E-state index contributed by atoms with van der Waals surface area (Å²) in [6.07, 6.45) is 23.3. The standard InChI is InChI=1S/C47H60O4/c1-5-9-17-33-25-37(26-34(18-10-6-2)45(33)50-31-39-29-48-39)47(43-23-15-13-21-41(43)42-22-14-16-24-44(42)47)38-27-35(19-11-7-3)46(51-32-40-30-49-40)36(28-38)20-12-8-4/h13-16,21-28,39-41,43H,5-12,17-20,29-32H2,1-4H3. The number of allylic oxidation sites excluding steroid dienone is 4. The number of aryl methyl sites for hydroxylation is 4. The van der Waals surface area contributed by atoms with Crippen LogP contribution in [0.4, 0.5) is 0 Å². The Morgan fingerprint density at radius 1 is 0.608 bits per heavy atom. The van der Waals surface area contributed by atoms with Gasteiger partial charge in [0.25, 0.3) is 0 Å². The van der Waals surface area contributed by atoms with E-state index in [4.69, 9.17) is 18.9 Å². The van der Waals surface area contributed by atoms with Gasteiger partial charge in [0.05, 0.1) is 18.6 Å². The second-order valence-electron chi connectivity index (χ2n) is 15.4. The van der Waals surface area contributed by atoms with Crippen LogP contribution >= 0.6 is 0 Å². The summed E-state index contributed by atoms with van der Waals surface area (Å²) in [5.41, 5.74) is 10.8. The van der Waals surface area contributed by atoms with E-state index in [1.165, 1.54) is 44.5 Å². The number of unbranched alkanes of at least 4 members (excludes halogenated alkanes) is 4. The number of fused-ring (bicyclic) bond motifs is 3. The third-order valence-electron chi connectivity index (χ3n) is 11.6. The van der Waals surface area contributed by atoms with Crippen LogP contribution in [0.25, 0.3) is 0 Å². The molecule has 4 heteroatoms. The van der Waals surface area contributed by atoms with E-state index in [2.05, 4.69) is 101 Å². The third kappa shape index (κ3) is 7.60. The average Bonchev–Trinajstić information content (AvgIpc) is 4.11. The van der Waals surface area contributed by atoms with Gasteiger partial charge in [-0.15, -0.1) is 0 Å². The van der Waals surface area contributed by atoms with Crippen LogP contribution < -0.4 is 9.47 Å². The summed E-state index contributed by atoms with van der Waals surface area (Å²) >= 11 is 0. The molecule has 4 atom stereocenters. The lowest BCUT2D eigenvalue weighted by molar-refractivity contribution is 0.258. The number of hydrogen-bond donors (Lipinski definition) is 0. The molecular weight excluding hydrogens is 629 g/mol. The van der Waals surface area contributed by atoms with Crippen molar-refractivity contribution < 1.29 is 18.9 Å². The first-order valence-electron chi connectivity index (χ1n) is 20.4. The molecule has 2 saturated heterocycles. The van der Waals surface area contributed by atoms with Crippen molar-refractivity contribution >= 4 is 0 Å². The van der Waals surface area contributed by atoms with E-state index in [1.54, 1.807) is 0 Å². The van der Waals surface area contributed by atoms with Crippen LogP contribution in [0.3, 0.4) is 0 Å². The van der Waals surface area contributed by atoms with Gasteiger partial charge in [-0.25, -0.2) is 0 Å². The summed E-state index contributed by atoms with van der Waals surface area (Å²) in [5, 5.41) is 0. The van der Waals surface area contributed by atoms with Crippen molar-refractivity contribution in [2.24, 2.45) is 5.92 Å². The lowest BCUT2D eigenvalue weighted by Crippen LogP contribution is -2.36. The van der Waals surface area contributed by atoms with Gasteiger partial charge in [0.15, 0.2) is 0 Å². The number of hydrogen-bond acceptors (Lipinski definition) is 4. The molecule has 0 radical (unpaired) electrons. The predicted octanol–water partition coefficient (Wildman–Crippen LogP) is 10.8. The first-order valence-corrected chi connectivity index (χ1v) is 20.4. The molecule has 0 spiro atoms. The Kier molecular flexibility index (Phi) is 11.7. The summed E-state index contributed by atoms with van der Waals surface area (Å²) < 4.78 is 24.7. The fourth-order valence-corrected chi connectivity index (χ4v) is 8.73. The van der Waals surface area contributed by atoms with Crippen LogP contribution in [0.15, 0.2) is 72.8 Å². The Hall–Kier alpha value is -3.34. The smallest absolute Gasteiger partial charge is 0.125 e. The molecule has 51 heavy (non-hydrogen) atoms. The largest absolute Gasteiger partial charge is 0.490 e. The van der Waals surface area contributed by atoms with Gasteiger partial charge in [-0.1, -0.05) is 126 Å². The Morgan fingerprint density at radius 3 is 1.47 bits per heavy atom. The van der Waals surface area contributed by atoms with Gasteiger partial charge in [0.1, 0.15) is 36.9 Å². The van der Waals surface area contributed by atoms with Gasteiger partial charge >= 0.3 is 0 Å². The maximum Gasteiger partial charge on any atom is 0.125 e. The van der Waals surface area contributed by atoms with E-state index in [0.29, 0.717) is 19.1 Å². The fraction of sp³-hybridized carbons (Fsp3) is 0.532. The highest BCUT2D eigenvalue weighted by Crippen LogP contribution is 2.60. The fourth-order valence-electron chi connectivity index (χ4n) is 8.73. The molecule has 2 fully saturated rings. The molecule has 0 amide bonds. The topological polar surface area (TPSA) is 43.5 Å². The van der Waals surface area contributed by atoms with Gasteiger partial charge in [0.2, 0.25) is 0 Å². The molecule has 2 heterocycles. The molecule has 0 bridgehead atoms. The summed E-state index contributed by atoms with van der Waals surface area (Å²) in [5.74, 6) is 2.81. The molecule has 4 nitrogen and oxygen atoms in total. The second-order valence-corrected chi connectivity index (χ2v) is 15.4. The highest BCUT2D eigenvalue weighted by Gasteiger charge is 2.53. The molecule has 272 valence electrons. The minimum absolute atomic E-state index is 0.228. The lowest BCUT2D eigenvalue weighted by Gasteiger charge is -2.40. The Balaban J connectivity index is 1.49. The van der Waals surface area contributed by atoms with Crippen LogP contribution in [-0.2, 0) is 40.6 Å². The Bertz CT molecular complexity index is 1550. The van der Waals surface area contributed by atoms with Crippen LogP contribution in [-0.4, -0.2) is 38.6 Å². The Morgan fingerprint density at radius 2 is 1.04 bits per heavy atom. The van der Waals surface area contributed by atoms with Crippen molar-refractivity contribution in [1.82, 2.24) is 0 Å². The molecule has 7 rings (SSSR count). The van der Waals surface area contributed by atoms with Crippen LogP contribution in [0.1, 0.15) is 129 Å². The van der Waals surface area contributed by atoms with Crippen molar-refractivity contribution in [3.05, 3.63) is 117 Å². The maximum absolute atomic E-state index is 6.74. The molecular formula is C47H60O4. The predicted molar refractivity (Wildman–Crippen MR) is 209 cm³/mol. The highest BCUT2D eigenvalue weighted by molar-refractivity contribution is 5.66. The van der Waals surface area contributed by atoms with Gasteiger partial charge in [-0.2, -0.15) is 0 Å². The van der Waals surface area contributed by atoms with Gasteiger partial charge in [-0.05, 0) is 95.9 Å². The number of benzene rings is 3. The van der Waals surface area contributed by atoms with Crippen LogP contribution in [0.2, 0.25) is 0 Å². The molecule has 0 saturated carbocycles. The molecule has 3 aromatic rings. The highest BCUT2D eigenvalue weighted by atomic mass is 16.6. The summed E-state index contributed by atoms with van der Waals surface area (Å²) in [4.78, 5) is 0. The van der Waals surface area contributed by atoms with E-state index in [0.717, 1.165) is 102 Å². The number of epoxide rings is 2. The third-order valence-corrected chi connectivity index (χ3v) is 11.6. The van der Waals surface area contributed by atoms with Crippen LogP contribution in [0.5, 0.6) is 11.5 Å². The first kappa shape index (κ1) is 36.0. The number of ether oxygens (including phenoxy) is 4. The van der Waals surface area contributed by atoms with Crippen molar-refractivity contribution in [3.63, 3.8) is 0 Å². The van der Waals surface area contributed by atoms with E-state index in [9.17, 15) is 0 Å². The maximum atomic E-state index is 6.74. The lowest BCUT2D eigenvalue weighted by atomic mass is 9.62. The SMILES string of the molecule is CCCCc1cc(C2(c3cc(CCCC)c(OCC4CO4)c(CCCC)c3)c3ccccc3C3C=CC=CC32)cc(CCCC)c1OCC1CO1. The minimum Gasteiger partial charge on any atom is -0.490 e. The molecule has 4 unspecified atom stereocenters. The molecule has 0 N–H and O–H groups in total. The quantitative estimate of drug-likeness (QED) is 0.111. The van der Waals surface area contributed by atoms with E-state index >= 15 is 0 Å². The summed E-state index contributed by atoms with van der Waals surface area (Å²) in [6.45, 7) is 12.1. The average molecular weight is 689 g/mol. The minimum atomic E-state index is -0.358. The summed E-state index contributed by atoms with van der Waals surface area (Å²) in [6, 6.07) is 19.6. The molecule has 2 aliphatic carbocycles. The second kappa shape index (κ2) is 16.6. The van der Waals surface area contributed by atoms with E-state index in [-0.39, 0.29) is 23.5 Å². The molecule has 0 aromatic heterocycles. The van der Waals surface area contributed by atoms with Crippen molar-refractivity contribution in [3.8, 4) is 11.5 Å². The molecule has 3 aromatic carbocycles. The van der Waals surface area contributed by atoms with Crippen molar-refractivity contribution in [1.29, 1.82) is 0 Å². The zero-order valence-corrected chi connectivity index (χ0v) is 31.7. The van der Waals surface area contributed by atoms with Gasteiger partial charge < -0.3 is 18.9 Å². The molecule has 2 aliphatic heterocycles. The zero-order chi connectivity index (χ0) is 35.2. The monoisotopic (exact) mass is 688 g/mol. The number of rotatable bonds is 20. The van der Waals surface area contributed by atoms with Gasteiger partial charge in [0, 0.05) is 11.8 Å². The molecule has 4 aliphatic rings.